The fraction of sp³-hybridized carbons (Fsp3) is 0.150. The zero-order valence-corrected chi connectivity index (χ0v) is 16.0. The van der Waals surface area contributed by atoms with Crippen molar-refractivity contribution in [1.82, 2.24) is 14.8 Å². The maximum Gasteiger partial charge on any atom is 0.331 e. The highest BCUT2D eigenvalue weighted by atomic mass is 35.5. The summed E-state index contributed by atoms with van der Waals surface area (Å²) in [5.41, 5.74) is 2.52. The smallest absolute Gasteiger partial charge is 0.331 e. The van der Waals surface area contributed by atoms with E-state index in [1.807, 2.05) is 0 Å². The lowest BCUT2D eigenvalue weighted by molar-refractivity contribution is -0.138. The van der Waals surface area contributed by atoms with Crippen molar-refractivity contribution in [3.8, 4) is 11.4 Å². The second-order valence-corrected chi connectivity index (χ2v) is 6.21. The van der Waals surface area contributed by atoms with Crippen molar-refractivity contribution in [3.63, 3.8) is 0 Å². The molecule has 8 heteroatoms. The molecule has 6 nitrogen and oxygen atoms in total. The van der Waals surface area contributed by atoms with E-state index in [0.717, 1.165) is 0 Å². The van der Waals surface area contributed by atoms with Crippen LogP contribution in [0.4, 0.5) is 4.39 Å². The van der Waals surface area contributed by atoms with Crippen LogP contribution in [0.15, 0.2) is 48.8 Å². The lowest BCUT2D eigenvalue weighted by Crippen LogP contribution is -2.01. The Morgan fingerprint density at radius 3 is 2.75 bits per heavy atom. The largest absolute Gasteiger partial charge is 0.495 e. The Bertz CT molecular complexity index is 1020. The second-order valence-electron chi connectivity index (χ2n) is 5.85. The highest BCUT2D eigenvalue weighted by Gasteiger charge is 2.13. The number of nitrogens with zero attached hydrogens (tertiary/aromatic N) is 3. The molecular weight excluding hydrogens is 385 g/mol. The van der Waals surface area contributed by atoms with E-state index < -0.39 is 5.97 Å². The summed E-state index contributed by atoms with van der Waals surface area (Å²) in [4.78, 5) is 16.0. The Hall–Kier alpha value is -3.19. The highest BCUT2D eigenvalue weighted by Crippen LogP contribution is 2.25. The van der Waals surface area contributed by atoms with Gasteiger partial charge in [0.05, 0.1) is 24.7 Å². The minimum Gasteiger partial charge on any atom is -0.495 e. The first-order valence-electron chi connectivity index (χ1n) is 8.31. The Balaban J connectivity index is 1.69. The van der Waals surface area contributed by atoms with E-state index in [0.29, 0.717) is 33.4 Å². The summed E-state index contributed by atoms with van der Waals surface area (Å²) in [5.74, 6) is -0.301. The third kappa shape index (κ3) is 4.55. The molecule has 2 heterocycles. The maximum atomic E-state index is 13.1. The second kappa shape index (κ2) is 8.67. The number of esters is 1. The number of benzene rings is 1. The van der Waals surface area contributed by atoms with Crippen molar-refractivity contribution in [3.05, 3.63) is 76.6 Å². The molecule has 0 unspecified atom stereocenters. The van der Waals surface area contributed by atoms with E-state index in [2.05, 4.69) is 10.1 Å². The summed E-state index contributed by atoms with van der Waals surface area (Å²) >= 11 is 6.37. The van der Waals surface area contributed by atoms with E-state index in [-0.39, 0.29) is 12.4 Å². The summed E-state index contributed by atoms with van der Waals surface area (Å²) in [6, 6.07) is 7.51. The molecule has 3 rings (SSSR count). The number of halogens is 2. The van der Waals surface area contributed by atoms with Gasteiger partial charge in [0, 0.05) is 23.4 Å². The molecule has 0 aliphatic heterocycles. The van der Waals surface area contributed by atoms with E-state index in [1.165, 1.54) is 36.1 Å². The van der Waals surface area contributed by atoms with Gasteiger partial charge < -0.3 is 9.47 Å². The van der Waals surface area contributed by atoms with Crippen LogP contribution in [-0.2, 0) is 16.1 Å². The molecule has 0 fully saturated rings. The average molecular weight is 402 g/mol. The number of carbonyl (C=O) groups excluding carboxylic acids is 1. The van der Waals surface area contributed by atoms with Gasteiger partial charge in [0.2, 0.25) is 0 Å². The summed E-state index contributed by atoms with van der Waals surface area (Å²) < 4.78 is 24.9. The number of hydrogen-bond acceptors (Lipinski definition) is 5. The first-order chi connectivity index (χ1) is 13.5. The van der Waals surface area contributed by atoms with Crippen LogP contribution in [0.1, 0.15) is 16.8 Å². The standard InChI is InChI=1S/C20H17ClFN3O3/c1-13-18(20(21)25(24-13)16-5-3-15(22)4-6-16)7-8-19(26)28-12-14-9-17(27-2)11-23-10-14/h3-11H,12H2,1-2H3/b8-7+. The molecule has 0 bridgehead atoms. The van der Waals surface area contributed by atoms with Gasteiger partial charge in [-0.3, -0.25) is 4.98 Å². The molecule has 2 aromatic heterocycles. The topological polar surface area (TPSA) is 66.2 Å². The van der Waals surface area contributed by atoms with Gasteiger partial charge in [-0.25, -0.2) is 13.9 Å². The van der Waals surface area contributed by atoms with Gasteiger partial charge in [0.1, 0.15) is 23.3 Å². The number of carbonyl (C=O) groups is 1. The molecule has 3 aromatic rings. The Kier molecular flexibility index (Phi) is 6.06. The van der Waals surface area contributed by atoms with Crippen LogP contribution in [0.2, 0.25) is 5.15 Å². The number of aromatic nitrogens is 3. The monoisotopic (exact) mass is 401 g/mol. The number of aryl methyl sites for hydroxylation is 1. The van der Waals surface area contributed by atoms with Gasteiger partial charge in [0.25, 0.3) is 0 Å². The van der Waals surface area contributed by atoms with Gasteiger partial charge in [0.15, 0.2) is 0 Å². The molecule has 28 heavy (non-hydrogen) atoms. The van der Waals surface area contributed by atoms with Crippen molar-refractivity contribution in [2.45, 2.75) is 13.5 Å². The molecule has 144 valence electrons. The van der Waals surface area contributed by atoms with E-state index in [4.69, 9.17) is 21.1 Å². The van der Waals surface area contributed by atoms with E-state index in [1.54, 1.807) is 37.5 Å². The molecular formula is C20H17ClFN3O3. The van der Waals surface area contributed by atoms with Crippen LogP contribution < -0.4 is 4.74 Å². The molecule has 0 radical (unpaired) electrons. The lowest BCUT2D eigenvalue weighted by Gasteiger charge is -2.04. The van der Waals surface area contributed by atoms with Crippen LogP contribution in [0.25, 0.3) is 11.8 Å². The van der Waals surface area contributed by atoms with Crippen molar-refractivity contribution >= 4 is 23.6 Å². The number of ether oxygens (including phenoxy) is 2. The molecule has 0 aliphatic rings. The van der Waals surface area contributed by atoms with Gasteiger partial charge in [-0.1, -0.05) is 11.6 Å². The minimum atomic E-state index is -0.534. The molecule has 0 spiro atoms. The van der Waals surface area contributed by atoms with Crippen molar-refractivity contribution < 1.29 is 18.7 Å². The molecule has 1 aromatic carbocycles. The van der Waals surface area contributed by atoms with E-state index >= 15 is 0 Å². The highest BCUT2D eigenvalue weighted by molar-refractivity contribution is 6.31. The van der Waals surface area contributed by atoms with Gasteiger partial charge in [-0.2, -0.15) is 5.10 Å². The van der Waals surface area contributed by atoms with E-state index in [9.17, 15) is 9.18 Å². The first kappa shape index (κ1) is 19.6. The van der Waals surface area contributed by atoms with Crippen LogP contribution in [0, 0.1) is 12.7 Å². The molecule has 0 aliphatic carbocycles. The van der Waals surface area contributed by atoms with Gasteiger partial charge in [-0.15, -0.1) is 0 Å². The van der Waals surface area contributed by atoms with Crippen molar-refractivity contribution in [2.24, 2.45) is 0 Å². The van der Waals surface area contributed by atoms with Crippen molar-refractivity contribution in [1.29, 1.82) is 0 Å². The Labute approximate surface area is 166 Å². The lowest BCUT2D eigenvalue weighted by atomic mass is 10.2. The summed E-state index contributed by atoms with van der Waals surface area (Å²) in [6.07, 6.45) is 5.97. The summed E-state index contributed by atoms with van der Waals surface area (Å²) in [7, 11) is 1.54. The molecule has 0 amide bonds. The number of rotatable bonds is 6. The van der Waals surface area contributed by atoms with Crippen LogP contribution in [0.5, 0.6) is 5.75 Å². The van der Waals surface area contributed by atoms with Gasteiger partial charge >= 0.3 is 5.97 Å². The predicted octanol–water partition coefficient (Wildman–Crippen LogP) is 4.13. The normalized spacial score (nSPS) is 11.0. The molecule has 0 saturated carbocycles. The Morgan fingerprint density at radius 2 is 2.04 bits per heavy atom. The number of pyridine rings is 1. The summed E-state index contributed by atoms with van der Waals surface area (Å²) in [6.45, 7) is 1.83. The quantitative estimate of drug-likeness (QED) is 0.459. The number of methoxy groups -OCH3 is 1. The van der Waals surface area contributed by atoms with Crippen LogP contribution in [0.3, 0.4) is 0 Å². The third-order valence-corrected chi connectivity index (χ3v) is 4.26. The first-order valence-corrected chi connectivity index (χ1v) is 8.69. The zero-order valence-electron chi connectivity index (χ0n) is 15.2. The fourth-order valence-electron chi connectivity index (χ4n) is 2.46. The fourth-order valence-corrected chi connectivity index (χ4v) is 2.80. The van der Waals surface area contributed by atoms with Gasteiger partial charge in [-0.05, 0) is 43.3 Å². The Morgan fingerprint density at radius 1 is 1.29 bits per heavy atom. The van der Waals surface area contributed by atoms with Crippen LogP contribution >= 0.6 is 11.6 Å². The van der Waals surface area contributed by atoms with Crippen LogP contribution in [-0.4, -0.2) is 27.8 Å². The number of hydrogen-bond donors (Lipinski definition) is 0. The SMILES string of the molecule is COc1cncc(COC(=O)/C=C/c2c(C)nn(-c3ccc(F)cc3)c2Cl)c1. The molecule has 0 N–H and O–H groups in total. The predicted molar refractivity (Wildman–Crippen MR) is 103 cm³/mol. The average Bonchev–Trinajstić information content (AvgIpc) is 2.99. The minimum absolute atomic E-state index is 0.0644. The third-order valence-electron chi connectivity index (χ3n) is 3.89. The zero-order chi connectivity index (χ0) is 20.1. The molecule has 0 saturated heterocycles. The molecule has 0 atom stereocenters. The maximum absolute atomic E-state index is 13.1. The summed E-state index contributed by atoms with van der Waals surface area (Å²) in [5, 5.41) is 4.65. The van der Waals surface area contributed by atoms with Crippen molar-refractivity contribution in [2.75, 3.05) is 7.11 Å².